The van der Waals surface area contributed by atoms with Crippen LogP contribution in [0.4, 0.5) is 0 Å². The Morgan fingerprint density at radius 2 is 1.34 bits per heavy atom. The highest BCUT2D eigenvalue weighted by atomic mass is 15.2. The van der Waals surface area contributed by atoms with Crippen molar-refractivity contribution in [2.75, 3.05) is 19.6 Å². The van der Waals surface area contributed by atoms with Gasteiger partial charge in [-0.1, -0.05) is 79.9 Å². The van der Waals surface area contributed by atoms with Gasteiger partial charge in [0.2, 0.25) is 0 Å². The molecular weight excluding hydrogens is 352 g/mol. The second kappa shape index (κ2) is 8.83. The van der Waals surface area contributed by atoms with Crippen molar-refractivity contribution in [3.8, 4) is 0 Å². The average molecular weight is 387 g/mol. The molecule has 3 aliphatic heterocycles. The Balaban J connectivity index is 1.51. The zero-order valence-corrected chi connectivity index (χ0v) is 17.5. The molecule has 4 aliphatic rings. The molecule has 0 aromatic heterocycles. The van der Waals surface area contributed by atoms with Crippen molar-refractivity contribution in [3.63, 3.8) is 0 Å². The van der Waals surface area contributed by atoms with Crippen LogP contribution in [0.25, 0.3) is 0 Å². The summed E-state index contributed by atoms with van der Waals surface area (Å²) in [6.45, 7) is 3.52. The molecule has 29 heavy (non-hydrogen) atoms. The molecule has 3 heterocycles. The van der Waals surface area contributed by atoms with E-state index in [2.05, 4.69) is 65.6 Å². The number of piperidine rings is 3. The molecule has 4 fully saturated rings. The highest BCUT2D eigenvalue weighted by Crippen LogP contribution is 2.40. The number of hydrogen-bond acceptors (Lipinski definition) is 2. The van der Waals surface area contributed by atoms with Gasteiger partial charge in [0.15, 0.2) is 0 Å². The van der Waals surface area contributed by atoms with Crippen molar-refractivity contribution >= 4 is 5.71 Å². The number of fused-ring (bicyclic) bond motifs is 3. The molecule has 6 rings (SSSR count). The first-order valence-electron chi connectivity index (χ1n) is 11.8. The largest absolute Gasteiger partial charge is 0.294 e. The SMILES string of the molecule is c1ccc(C(c2ccccc2)C2C(=NCC3CCCCC3)C3CCN2CC3)cc1. The Labute approximate surface area is 176 Å². The van der Waals surface area contributed by atoms with Crippen molar-refractivity contribution in [1.29, 1.82) is 0 Å². The van der Waals surface area contributed by atoms with Gasteiger partial charge < -0.3 is 0 Å². The monoisotopic (exact) mass is 386 g/mol. The van der Waals surface area contributed by atoms with Crippen LogP contribution in [0.2, 0.25) is 0 Å². The van der Waals surface area contributed by atoms with Gasteiger partial charge in [-0.05, 0) is 55.8 Å². The second-order valence-electron chi connectivity index (χ2n) is 9.32. The maximum atomic E-state index is 5.42. The molecule has 2 aromatic carbocycles. The molecule has 2 nitrogen and oxygen atoms in total. The minimum absolute atomic E-state index is 0.380. The zero-order chi connectivity index (χ0) is 19.5. The van der Waals surface area contributed by atoms with Gasteiger partial charge in [-0.3, -0.25) is 9.89 Å². The van der Waals surface area contributed by atoms with Crippen LogP contribution < -0.4 is 0 Å². The van der Waals surface area contributed by atoms with Crippen LogP contribution in [0.5, 0.6) is 0 Å². The lowest BCUT2D eigenvalue weighted by atomic mass is 9.72. The van der Waals surface area contributed by atoms with Crippen LogP contribution in [-0.2, 0) is 0 Å². The number of nitrogens with zero attached hydrogens (tertiary/aromatic N) is 2. The van der Waals surface area contributed by atoms with Crippen molar-refractivity contribution in [1.82, 2.24) is 4.90 Å². The van der Waals surface area contributed by atoms with E-state index < -0.39 is 0 Å². The van der Waals surface area contributed by atoms with Gasteiger partial charge >= 0.3 is 0 Å². The second-order valence-corrected chi connectivity index (χ2v) is 9.32. The van der Waals surface area contributed by atoms with E-state index in [9.17, 15) is 0 Å². The van der Waals surface area contributed by atoms with Gasteiger partial charge in [0, 0.05) is 24.1 Å². The van der Waals surface area contributed by atoms with E-state index in [1.54, 1.807) is 0 Å². The Morgan fingerprint density at radius 3 is 1.93 bits per heavy atom. The lowest BCUT2D eigenvalue weighted by molar-refractivity contribution is 0.135. The maximum absolute atomic E-state index is 5.42. The van der Waals surface area contributed by atoms with Crippen molar-refractivity contribution in [3.05, 3.63) is 71.8 Å². The minimum Gasteiger partial charge on any atom is -0.294 e. The van der Waals surface area contributed by atoms with Gasteiger partial charge in [-0.15, -0.1) is 0 Å². The number of benzene rings is 2. The lowest BCUT2D eigenvalue weighted by Gasteiger charge is -2.50. The zero-order valence-electron chi connectivity index (χ0n) is 17.5. The van der Waals surface area contributed by atoms with Crippen LogP contribution in [-0.4, -0.2) is 36.3 Å². The molecule has 0 radical (unpaired) electrons. The summed E-state index contributed by atoms with van der Waals surface area (Å²) in [5.41, 5.74) is 4.38. The van der Waals surface area contributed by atoms with Crippen molar-refractivity contribution < 1.29 is 0 Å². The smallest absolute Gasteiger partial charge is 0.0589 e. The molecule has 2 bridgehead atoms. The predicted octanol–water partition coefficient (Wildman–Crippen LogP) is 5.93. The summed E-state index contributed by atoms with van der Waals surface area (Å²) in [6, 6.07) is 22.8. The predicted molar refractivity (Wildman–Crippen MR) is 122 cm³/mol. The van der Waals surface area contributed by atoms with E-state index in [4.69, 9.17) is 4.99 Å². The summed E-state index contributed by atoms with van der Waals surface area (Å²) in [5, 5.41) is 0. The molecule has 0 spiro atoms. The van der Waals surface area contributed by atoms with Gasteiger partial charge in [-0.2, -0.15) is 0 Å². The Kier molecular flexibility index (Phi) is 5.80. The van der Waals surface area contributed by atoms with E-state index in [0.717, 1.165) is 12.5 Å². The Morgan fingerprint density at radius 1 is 0.759 bits per heavy atom. The molecule has 1 unspecified atom stereocenters. The van der Waals surface area contributed by atoms with Crippen LogP contribution in [0.15, 0.2) is 65.7 Å². The molecular formula is C27H34N2. The fraction of sp³-hybridized carbons (Fsp3) is 0.519. The van der Waals surface area contributed by atoms with E-state index >= 15 is 0 Å². The van der Waals surface area contributed by atoms with Crippen molar-refractivity contribution in [2.24, 2.45) is 16.8 Å². The quantitative estimate of drug-likeness (QED) is 0.621. The molecule has 2 aromatic rings. The molecule has 0 amide bonds. The minimum atomic E-state index is 0.380. The molecule has 1 atom stereocenters. The van der Waals surface area contributed by atoms with Crippen LogP contribution in [0.1, 0.15) is 62.0 Å². The fourth-order valence-electron chi connectivity index (χ4n) is 5.99. The number of rotatable bonds is 5. The van der Waals surface area contributed by atoms with Gasteiger partial charge in [0.25, 0.3) is 0 Å². The van der Waals surface area contributed by atoms with Gasteiger partial charge in [-0.25, -0.2) is 0 Å². The summed E-state index contributed by atoms with van der Waals surface area (Å²) >= 11 is 0. The summed E-state index contributed by atoms with van der Waals surface area (Å²) in [4.78, 5) is 8.16. The highest BCUT2D eigenvalue weighted by molar-refractivity contribution is 5.94. The van der Waals surface area contributed by atoms with Gasteiger partial charge in [0.1, 0.15) is 0 Å². The van der Waals surface area contributed by atoms with Crippen LogP contribution in [0.3, 0.4) is 0 Å². The molecule has 0 N–H and O–H groups in total. The van der Waals surface area contributed by atoms with Crippen LogP contribution >= 0.6 is 0 Å². The third kappa shape index (κ3) is 4.05. The van der Waals surface area contributed by atoms with E-state index in [-0.39, 0.29) is 0 Å². The third-order valence-electron chi connectivity index (χ3n) is 7.53. The first kappa shape index (κ1) is 19.1. The maximum Gasteiger partial charge on any atom is 0.0589 e. The lowest BCUT2D eigenvalue weighted by Crippen LogP contribution is -2.58. The first-order chi connectivity index (χ1) is 14.4. The standard InChI is InChI=1S/C27H34N2/c1-4-10-21(11-5-1)20-28-26-24-16-18-29(19-17-24)27(26)25(22-12-6-2-7-13-22)23-14-8-3-9-15-23/h2-3,6-9,12-15,21,24-25,27H,1,4-5,10-11,16-20H2. The summed E-state index contributed by atoms with van der Waals surface area (Å²) in [7, 11) is 0. The van der Waals surface area contributed by atoms with Gasteiger partial charge in [0.05, 0.1) is 6.04 Å². The van der Waals surface area contributed by atoms with Crippen molar-refractivity contribution in [2.45, 2.75) is 56.9 Å². The number of aliphatic imine (C=N–C) groups is 1. The molecule has 1 saturated carbocycles. The summed E-state index contributed by atoms with van der Waals surface area (Å²) < 4.78 is 0. The molecule has 3 saturated heterocycles. The summed E-state index contributed by atoms with van der Waals surface area (Å²) in [5.74, 6) is 1.90. The topological polar surface area (TPSA) is 15.6 Å². The van der Waals surface area contributed by atoms with E-state index in [1.165, 1.54) is 74.9 Å². The van der Waals surface area contributed by atoms with E-state index in [0.29, 0.717) is 17.9 Å². The average Bonchev–Trinajstić information content (AvgIpc) is 2.81. The normalized spacial score (nSPS) is 28.9. The third-order valence-corrected chi connectivity index (χ3v) is 7.53. The molecule has 152 valence electrons. The number of hydrogen-bond donors (Lipinski definition) is 0. The fourth-order valence-corrected chi connectivity index (χ4v) is 5.99. The molecule has 1 aliphatic carbocycles. The Hall–Kier alpha value is -1.93. The highest BCUT2D eigenvalue weighted by Gasteiger charge is 2.43. The Bertz CT molecular complexity index is 759. The van der Waals surface area contributed by atoms with E-state index in [1.807, 2.05) is 0 Å². The summed E-state index contributed by atoms with van der Waals surface area (Å²) in [6.07, 6.45) is 9.62. The van der Waals surface area contributed by atoms with Crippen LogP contribution in [0, 0.1) is 11.8 Å². The molecule has 2 heteroatoms. The first-order valence-corrected chi connectivity index (χ1v) is 11.8.